The first-order chi connectivity index (χ1) is 5.92. The predicted molar refractivity (Wildman–Crippen MR) is 48.1 cm³/mol. The van der Waals surface area contributed by atoms with Gasteiger partial charge in [-0.05, 0) is 26.8 Å². The van der Waals surface area contributed by atoms with E-state index in [1.54, 1.807) is 0 Å². The van der Waals surface area contributed by atoms with Crippen LogP contribution in [0.3, 0.4) is 0 Å². The molecule has 0 fully saturated rings. The number of carboxylic acids is 1. The number of amides is 1. The smallest absolute Gasteiger partial charge is 0.318 e. The van der Waals surface area contributed by atoms with Crippen molar-refractivity contribution in [2.24, 2.45) is 11.1 Å². The Kier molecular flexibility index (Phi) is 4.40. The number of rotatable bonds is 5. The summed E-state index contributed by atoms with van der Waals surface area (Å²) in [4.78, 5) is 21.9. The Balaban J connectivity index is 4.03. The first-order valence-electron chi connectivity index (χ1n) is 4.14. The van der Waals surface area contributed by atoms with Crippen molar-refractivity contribution < 1.29 is 14.7 Å². The van der Waals surface area contributed by atoms with Crippen LogP contribution in [0.4, 0.5) is 0 Å². The molecule has 5 heteroatoms. The Hall–Kier alpha value is -1.10. The summed E-state index contributed by atoms with van der Waals surface area (Å²) < 4.78 is 0. The molecule has 0 aliphatic heterocycles. The summed E-state index contributed by atoms with van der Waals surface area (Å²) in [7, 11) is 0. The minimum Gasteiger partial charge on any atom is -0.480 e. The Bertz CT molecular complexity index is 202. The van der Waals surface area contributed by atoms with E-state index in [4.69, 9.17) is 10.8 Å². The average Bonchev–Trinajstić information content (AvgIpc) is 2.04. The van der Waals surface area contributed by atoms with Gasteiger partial charge in [0.1, 0.15) is 5.41 Å². The summed E-state index contributed by atoms with van der Waals surface area (Å²) in [6.07, 6.45) is 0.654. The van der Waals surface area contributed by atoms with Crippen LogP contribution in [0, 0.1) is 5.41 Å². The third kappa shape index (κ3) is 3.42. The van der Waals surface area contributed by atoms with Crippen LogP contribution < -0.4 is 11.1 Å². The van der Waals surface area contributed by atoms with E-state index in [-0.39, 0.29) is 0 Å². The van der Waals surface area contributed by atoms with Crippen molar-refractivity contribution in [2.45, 2.75) is 20.3 Å². The third-order valence-corrected chi connectivity index (χ3v) is 1.77. The maximum atomic E-state index is 11.2. The normalized spacial score (nSPS) is 11.0. The number of aliphatic carboxylic acids is 1. The third-order valence-electron chi connectivity index (χ3n) is 1.77. The van der Waals surface area contributed by atoms with Gasteiger partial charge in [-0.3, -0.25) is 9.59 Å². The SMILES string of the molecule is CC(C)(C(=O)O)C(=O)NCCCN. The fourth-order valence-electron chi connectivity index (χ4n) is 0.622. The first kappa shape index (κ1) is 11.9. The summed E-state index contributed by atoms with van der Waals surface area (Å²) in [6.45, 7) is 3.64. The second-order valence-electron chi connectivity index (χ2n) is 3.33. The van der Waals surface area contributed by atoms with E-state index in [0.29, 0.717) is 19.5 Å². The summed E-state index contributed by atoms with van der Waals surface area (Å²) in [5.74, 6) is -1.61. The van der Waals surface area contributed by atoms with Gasteiger partial charge in [0, 0.05) is 6.54 Å². The fourth-order valence-corrected chi connectivity index (χ4v) is 0.622. The van der Waals surface area contributed by atoms with Gasteiger partial charge in [-0.1, -0.05) is 0 Å². The van der Waals surface area contributed by atoms with Gasteiger partial charge in [-0.25, -0.2) is 0 Å². The predicted octanol–water partition coefficient (Wildman–Crippen LogP) is -0.438. The molecule has 0 radical (unpaired) electrons. The van der Waals surface area contributed by atoms with Crippen LogP contribution in [0.25, 0.3) is 0 Å². The van der Waals surface area contributed by atoms with Crippen LogP contribution in [-0.2, 0) is 9.59 Å². The number of nitrogens with two attached hydrogens (primary N) is 1. The number of nitrogens with one attached hydrogen (secondary N) is 1. The van der Waals surface area contributed by atoms with Gasteiger partial charge in [0.2, 0.25) is 5.91 Å². The molecule has 1 amide bonds. The van der Waals surface area contributed by atoms with Crippen LogP contribution in [0.5, 0.6) is 0 Å². The topological polar surface area (TPSA) is 92.4 Å². The van der Waals surface area contributed by atoms with Crippen LogP contribution >= 0.6 is 0 Å². The summed E-state index contributed by atoms with van der Waals surface area (Å²) in [5.41, 5.74) is 3.85. The molecule has 0 rings (SSSR count). The molecule has 0 aliphatic carbocycles. The molecule has 0 aromatic rings. The molecule has 0 aromatic carbocycles. The van der Waals surface area contributed by atoms with Crippen molar-refractivity contribution >= 4 is 11.9 Å². The van der Waals surface area contributed by atoms with E-state index >= 15 is 0 Å². The lowest BCUT2D eigenvalue weighted by Crippen LogP contribution is -2.42. The lowest BCUT2D eigenvalue weighted by Gasteiger charge is -2.17. The van der Waals surface area contributed by atoms with E-state index in [1.807, 2.05) is 0 Å². The molecule has 0 bridgehead atoms. The van der Waals surface area contributed by atoms with E-state index in [9.17, 15) is 9.59 Å². The maximum Gasteiger partial charge on any atom is 0.318 e. The average molecular weight is 188 g/mol. The standard InChI is InChI=1S/C8H16N2O3/c1-8(2,7(12)13)6(11)10-5-3-4-9/h3-5,9H2,1-2H3,(H,10,11)(H,12,13). The quantitative estimate of drug-likeness (QED) is 0.403. The molecule has 4 N–H and O–H groups in total. The maximum absolute atomic E-state index is 11.2. The largest absolute Gasteiger partial charge is 0.480 e. The molecule has 0 atom stereocenters. The van der Waals surface area contributed by atoms with Gasteiger partial charge >= 0.3 is 5.97 Å². The van der Waals surface area contributed by atoms with Gasteiger partial charge in [-0.15, -0.1) is 0 Å². The van der Waals surface area contributed by atoms with E-state index in [1.165, 1.54) is 13.8 Å². The Morgan fingerprint density at radius 3 is 2.38 bits per heavy atom. The van der Waals surface area contributed by atoms with Crippen molar-refractivity contribution in [1.29, 1.82) is 0 Å². The zero-order chi connectivity index (χ0) is 10.5. The fraction of sp³-hybridized carbons (Fsp3) is 0.750. The van der Waals surface area contributed by atoms with Crippen LogP contribution in [0.2, 0.25) is 0 Å². The van der Waals surface area contributed by atoms with Crippen LogP contribution in [-0.4, -0.2) is 30.1 Å². The molecule has 0 aliphatic rings. The van der Waals surface area contributed by atoms with E-state index in [2.05, 4.69) is 5.32 Å². The highest BCUT2D eigenvalue weighted by molar-refractivity contribution is 6.00. The minimum absolute atomic E-state index is 0.423. The van der Waals surface area contributed by atoms with Gasteiger partial charge in [0.05, 0.1) is 0 Å². The van der Waals surface area contributed by atoms with Crippen molar-refractivity contribution in [2.75, 3.05) is 13.1 Å². The molecule has 0 spiro atoms. The molecule has 0 aromatic heterocycles. The molecule has 13 heavy (non-hydrogen) atoms. The lowest BCUT2D eigenvalue weighted by atomic mass is 9.93. The molecular formula is C8H16N2O3. The molecular weight excluding hydrogens is 172 g/mol. The molecule has 0 heterocycles. The Morgan fingerprint density at radius 2 is 2.00 bits per heavy atom. The molecule has 0 saturated heterocycles. The summed E-state index contributed by atoms with van der Waals surface area (Å²) in [5, 5.41) is 11.2. The molecule has 0 saturated carbocycles. The molecule has 76 valence electrons. The number of carbonyl (C=O) groups is 2. The van der Waals surface area contributed by atoms with Crippen molar-refractivity contribution in [3.63, 3.8) is 0 Å². The van der Waals surface area contributed by atoms with Crippen LogP contribution in [0.15, 0.2) is 0 Å². The summed E-state index contributed by atoms with van der Waals surface area (Å²) >= 11 is 0. The summed E-state index contributed by atoms with van der Waals surface area (Å²) in [6, 6.07) is 0. The highest BCUT2D eigenvalue weighted by Crippen LogP contribution is 2.14. The second kappa shape index (κ2) is 4.81. The second-order valence-corrected chi connectivity index (χ2v) is 3.33. The first-order valence-corrected chi connectivity index (χ1v) is 4.14. The lowest BCUT2D eigenvalue weighted by molar-refractivity contribution is -0.153. The van der Waals surface area contributed by atoms with Crippen molar-refractivity contribution in [3.8, 4) is 0 Å². The van der Waals surface area contributed by atoms with Crippen molar-refractivity contribution in [1.82, 2.24) is 5.32 Å². The van der Waals surface area contributed by atoms with Gasteiger partial charge in [-0.2, -0.15) is 0 Å². The minimum atomic E-state index is -1.37. The van der Waals surface area contributed by atoms with Gasteiger partial charge < -0.3 is 16.2 Å². The zero-order valence-corrected chi connectivity index (χ0v) is 7.96. The number of carboxylic acid groups (broad SMARTS) is 1. The van der Waals surface area contributed by atoms with Gasteiger partial charge in [0.15, 0.2) is 0 Å². The Labute approximate surface area is 77.3 Å². The zero-order valence-electron chi connectivity index (χ0n) is 7.96. The molecule has 5 nitrogen and oxygen atoms in total. The highest BCUT2D eigenvalue weighted by Gasteiger charge is 2.35. The monoisotopic (exact) mass is 188 g/mol. The Morgan fingerprint density at radius 1 is 1.46 bits per heavy atom. The van der Waals surface area contributed by atoms with E-state index in [0.717, 1.165) is 0 Å². The van der Waals surface area contributed by atoms with E-state index < -0.39 is 17.3 Å². The number of hydrogen-bond acceptors (Lipinski definition) is 3. The van der Waals surface area contributed by atoms with Crippen molar-refractivity contribution in [3.05, 3.63) is 0 Å². The van der Waals surface area contributed by atoms with Gasteiger partial charge in [0.25, 0.3) is 0 Å². The van der Waals surface area contributed by atoms with Crippen LogP contribution in [0.1, 0.15) is 20.3 Å². The number of carbonyl (C=O) groups excluding carboxylic acids is 1. The molecule has 0 unspecified atom stereocenters. The number of hydrogen-bond donors (Lipinski definition) is 3. The highest BCUT2D eigenvalue weighted by atomic mass is 16.4.